The van der Waals surface area contributed by atoms with Crippen LogP contribution in [0, 0.1) is 0 Å². The van der Waals surface area contributed by atoms with Gasteiger partial charge in [-0.2, -0.15) is 4.31 Å². The minimum atomic E-state index is -3.25. The number of hydrogen-bond donors (Lipinski definition) is 0. The molecule has 0 aliphatic carbocycles. The quantitative estimate of drug-likeness (QED) is 0.712. The molecular formula is C17H24ClN5O2S. The van der Waals surface area contributed by atoms with E-state index in [-0.39, 0.29) is 18.3 Å². The van der Waals surface area contributed by atoms with Gasteiger partial charge in [-0.3, -0.25) is 0 Å². The molecule has 0 N–H and O–H groups in total. The first-order valence-corrected chi connectivity index (χ1v) is 10.7. The topological polar surface area (TPSA) is 71.3 Å². The van der Waals surface area contributed by atoms with Gasteiger partial charge in [-0.15, -0.1) is 5.10 Å². The molecule has 7 nitrogen and oxygen atoms in total. The minimum absolute atomic E-state index is 0.0315. The third kappa shape index (κ3) is 4.62. The zero-order chi connectivity index (χ0) is 18.7. The van der Waals surface area contributed by atoms with Crippen LogP contribution in [0.1, 0.15) is 24.6 Å². The van der Waals surface area contributed by atoms with Gasteiger partial charge in [0, 0.05) is 17.6 Å². The Balaban J connectivity index is 1.64. The van der Waals surface area contributed by atoms with Crippen LogP contribution in [0.15, 0.2) is 30.5 Å². The Labute approximate surface area is 159 Å². The van der Waals surface area contributed by atoms with Gasteiger partial charge < -0.3 is 4.90 Å². The lowest BCUT2D eigenvalue weighted by molar-refractivity contribution is 0.241. The summed E-state index contributed by atoms with van der Waals surface area (Å²) < 4.78 is 28.1. The van der Waals surface area contributed by atoms with Crippen molar-refractivity contribution in [3.63, 3.8) is 0 Å². The third-order valence-corrected chi connectivity index (χ3v) is 6.72. The third-order valence-electron chi connectivity index (χ3n) is 4.59. The lowest BCUT2D eigenvalue weighted by atomic mass is 10.2. The van der Waals surface area contributed by atoms with Crippen molar-refractivity contribution in [3.8, 4) is 0 Å². The van der Waals surface area contributed by atoms with Crippen LogP contribution in [0.25, 0.3) is 0 Å². The highest BCUT2D eigenvalue weighted by Gasteiger charge is 2.38. The van der Waals surface area contributed by atoms with Crippen molar-refractivity contribution in [1.82, 2.24) is 24.2 Å². The van der Waals surface area contributed by atoms with Crippen molar-refractivity contribution in [3.05, 3.63) is 46.7 Å². The van der Waals surface area contributed by atoms with E-state index in [2.05, 4.69) is 22.1 Å². The van der Waals surface area contributed by atoms with E-state index in [4.69, 9.17) is 11.6 Å². The summed E-state index contributed by atoms with van der Waals surface area (Å²) in [5.74, 6) is 0.169. The summed E-state index contributed by atoms with van der Waals surface area (Å²) in [6, 6.07) is 7.56. The summed E-state index contributed by atoms with van der Waals surface area (Å²) in [5, 5.41) is 8.93. The molecule has 1 fully saturated rings. The van der Waals surface area contributed by atoms with Crippen LogP contribution in [0.5, 0.6) is 0 Å². The molecule has 1 aliphatic heterocycles. The van der Waals surface area contributed by atoms with E-state index in [0.717, 1.165) is 18.5 Å². The fourth-order valence-electron chi connectivity index (χ4n) is 3.16. The summed E-state index contributed by atoms with van der Waals surface area (Å²) in [5.41, 5.74) is 1.71. The number of aromatic nitrogens is 3. The maximum Gasteiger partial charge on any atom is 0.216 e. The zero-order valence-corrected chi connectivity index (χ0v) is 16.6. The molecule has 3 rings (SSSR count). The van der Waals surface area contributed by atoms with Crippen LogP contribution in [-0.2, 0) is 23.1 Å². The van der Waals surface area contributed by atoms with E-state index in [0.29, 0.717) is 23.8 Å². The van der Waals surface area contributed by atoms with Crippen LogP contribution >= 0.6 is 11.6 Å². The van der Waals surface area contributed by atoms with E-state index in [1.54, 1.807) is 10.9 Å². The highest BCUT2D eigenvalue weighted by Crippen LogP contribution is 2.20. The highest BCUT2D eigenvalue weighted by atomic mass is 35.5. The Kier molecular flexibility index (Phi) is 5.96. The number of hydrogen-bond acceptors (Lipinski definition) is 5. The maximum atomic E-state index is 12.4. The van der Waals surface area contributed by atoms with Crippen molar-refractivity contribution in [2.45, 2.75) is 32.5 Å². The van der Waals surface area contributed by atoms with E-state index in [9.17, 15) is 8.42 Å². The molecule has 2 heterocycles. The molecule has 142 valence electrons. The smallest absolute Gasteiger partial charge is 0.216 e. The normalized spacial score (nSPS) is 20.1. The molecule has 1 aromatic carbocycles. The Bertz CT molecular complexity index is 837. The van der Waals surface area contributed by atoms with E-state index >= 15 is 0 Å². The van der Waals surface area contributed by atoms with Crippen LogP contribution in [0.2, 0.25) is 5.02 Å². The number of likely N-dealkylation sites (N-methyl/N-ethyl adjacent to an activating group) is 1. The monoisotopic (exact) mass is 397 g/mol. The summed E-state index contributed by atoms with van der Waals surface area (Å²) in [7, 11) is -1.27. The van der Waals surface area contributed by atoms with Crippen molar-refractivity contribution < 1.29 is 8.42 Å². The number of sulfonamides is 1. The average Bonchev–Trinajstić information content (AvgIpc) is 3.14. The molecule has 2 aromatic rings. The second-order valence-corrected chi connectivity index (χ2v) is 9.19. The number of rotatable bonds is 7. The van der Waals surface area contributed by atoms with Crippen LogP contribution in [-0.4, -0.2) is 64.5 Å². The zero-order valence-electron chi connectivity index (χ0n) is 15.0. The van der Waals surface area contributed by atoms with Gasteiger partial charge in [0.05, 0.1) is 30.7 Å². The van der Waals surface area contributed by atoms with E-state index in [1.165, 1.54) is 4.31 Å². The SMILES string of the molecule is CCCN(C)C1CN(Cc2cn(Cc3ccc(Cl)cc3)nn2)S(=O)(=O)C1. The van der Waals surface area contributed by atoms with Crippen LogP contribution < -0.4 is 0 Å². The molecule has 0 radical (unpaired) electrons. The maximum absolute atomic E-state index is 12.4. The first-order valence-electron chi connectivity index (χ1n) is 8.69. The van der Waals surface area contributed by atoms with Gasteiger partial charge in [0.2, 0.25) is 10.0 Å². The molecule has 0 saturated carbocycles. The summed E-state index contributed by atoms with van der Waals surface area (Å²) in [6.45, 7) is 4.32. The predicted octanol–water partition coefficient (Wildman–Crippen LogP) is 1.84. The molecule has 1 unspecified atom stereocenters. The molecule has 1 aliphatic rings. The van der Waals surface area contributed by atoms with Gasteiger partial charge >= 0.3 is 0 Å². The van der Waals surface area contributed by atoms with Crippen molar-refractivity contribution in [1.29, 1.82) is 0 Å². The molecule has 0 amide bonds. The summed E-state index contributed by atoms with van der Waals surface area (Å²) in [4.78, 5) is 2.12. The van der Waals surface area contributed by atoms with E-state index in [1.807, 2.05) is 31.3 Å². The van der Waals surface area contributed by atoms with Gasteiger partial charge in [0.15, 0.2) is 0 Å². The fraction of sp³-hybridized carbons (Fsp3) is 0.529. The number of halogens is 1. The first kappa shape index (κ1) is 19.3. The van der Waals surface area contributed by atoms with Gasteiger partial charge in [0.1, 0.15) is 0 Å². The standard InChI is InChI=1S/C17H24ClN5O2S/c1-3-8-21(2)17-12-23(26(24,25)13-17)11-16-10-22(20-19-16)9-14-4-6-15(18)7-5-14/h4-7,10,17H,3,8-9,11-13H2,1-2H3. The number of benzene rings is 1. The molecular weight excluding hydrogens is 374 g/mol. The predicted molar refractivity (Wildman–Crippen MR) is 101 cm³/mol. The Hall–Kier alpha value is -1.48. The van der Waals surface area contributed by atoms with E-state index < -0.39 is 10.0 Å². The largest absolute Gasteiger partial charge is 0.301 e. The lowest BCUT2D eigenvalue weighted by Crippen LogP contribution is -2.36. The first-order chi connectivity index (χ1) is 12.4. The molecule has 9 heteroatoms. The van der Waals surface area contributed by atoms with Crippen LogP contribution in [0.3, 0.4) is 0 Å². The Morgan fingerprint density at radius 2 is 2.00 bits per heavy atom. The molecule has 0 bridgehead atoms. The summed E-state index contributed by atoms with van der Waals surface area (Å²) in [6.07, 6.45) is 2.80. The lowest BCUT2D eigenvalue weighted by Gasteiger charge is -2.22. The van der Waals surface area contributed by atoms with Crippen molar-refractivity contribution in [2.75, 3.05) is 25.9 Å². The van der Waals surface area contributed by atoms with Gasteiger partial charge in [-0.05, 0) is 37.7 Å². The summed E-state index contributed by atoms with van der Waals surface area (Å²) >= 11 is 5.89. The second-order valence-electron chi connectivity index (χ2n) is 6.74. The highest BCUT2D eigenvalue weighted by molar-refractivity contribution is 7.89. The van der Waals surface area contributed by atoms with Gasteiger partial charge in [-0.25, -0.2) is 13.1 Å². The Morgan fingerprint density at radius 1 is 1.27 bits per heavy atom. The fourth-order valence-corrected chi connectivity index (χ4v) is 5.07. The molecule has 0 spiro atoms. The van der Waals surface area contributed by atoms with Gasteiger partial charge in [0.25, 0.3) is 0 Å². The second kappa shape index (κ2) is 8.04. The molecule has 1 atom stereocenters. The molecule has 1 aromatic heterocycles. The average molecular weight is 398 g/mol. The minimum Gasteiger partial charge on any atom is -0.301 e. The molecule has 26 heavy (non-hydrogen) atoms. The van der Waals surface area contributed by atoms with Crippen LogP contribution in [0.4, 0.5) is 0 Å². The van der Waals surface area contributed by atoms with Gasteiger partial charge in [-0.1, -0.05) is 35.9 Å². The number of nitrogens with zero attached hydrogens (tertiary/aromatic N) is 5. The Morgan fingerprint density at radius 3 is 2.69 bits per heavy atom. The van der Waals surface area contributed by atoms with Crippen molar-refractivity contribution >= 4 is 21.6 Å². The molecule has 1 saturated heterocycles. The van der Waals surface area contributed by atoms with Crippen molar-refractivity contribution in [2.24, 2.45) is 0 Å².